The molecule has 2 heteroatoms. The zero-order valence-electron chi connectivity index (χ0n) is 8.62. The first-order chi connectivity index (χ1) is 5.49. The Morgan fingerprint density at radius 1 is 1.08 bits per heavy atom. The minimum Gasteiger partial charge on any atom is -0.393 e. The summed E-state index contributed by atoms with van der Waals surface area (Å²) in [7, 11) is 0. The van der Waals surface area contributed by atoms with E-state index in [1.54, 1.807) is 6.92 Å². The molecule has 12 heavy (non-hydrogen) atoms. The Morgan fingerprint density at radius 2 is 1.58 bits per heavy atom. The van der Waals surface area contributed by atoms with Crippen molar-refractivity contribution in [3.8, 4) is 0 Å². The highest BCUT2D eigenvalue weighted by Gasteiger charge is 2.20. The summed E-state index contributed by atoms with van der Waals surface area (Å²) in [5, 5.41) is 18.8. The normalized spacial score (nSPS) is 21.5. The summed E-state index contributed by atoms with van der Waals surface area (Å²) in [6, 6.07) is 0. The topological polar surface area (TPSA) is 40.5 Å². The van der Waals surface area contributed by atoms with Crippen molar-refractivity contribution >= 4 is 0 Å². The van der Waals surface area contributed by atoms with Crippen LogP contribution in [-0.2, 0) is 0 Å². The van der Waals surface area contributed by atoms with Crippen LogP contribution in [0.1, 0.15) is 40.5 Å². The molecule has 0 bridgehead atoms. The fraction of sp³-hybridized carbons (Fsp3) is 1.00. The molecule has 0 amide bonds. The summed E-state index contributed by atoms with van der Waals surface area (Å²) in [5.41, 5.74) is 0. The van der Waals surface area contributed by atoms with Crippen molar-refractivity contribution < 1.29 is 10.2 Å². The van der Waals surface area contributed by atoms with Crippen LogP contribution < -0.4 is 0 Å². The molecule has 0 heterocycles. The molecule has 0 rings (SSSR count). The van der Waals surface area contributed by atoms with Crippen LogP contribution in [0, 0.1) is 11.8 Å². The standard InChI is InChI=1S/C10H22O2/c1-5-7(2)6-10(12)8(3)9(4)11/h7-12H,5-6H2,1-4H3/t7-,8+,9?,10+/m1/s1. The molecule has 0 saturated heterocycles. The van der Waals surface area contributed by atoms with E-state index in [2.05, 4.69) is 13.8 Å². The van der Waals surface area contributed by atoms with Crippen molar-refractivity contribution in [3.05, 3.63) is 0 Å². The molecule has 1 unspecified atom stereocenters. The number of hydrogen-bond acceptors (Lipinski definition) is 2. The van der Waals surface area contributed by atoms with Crippen LogP contribution in [0.2, 0.25) is 0 Å². The Labute approximate surface area is 75.6 Å². The Morgan fingerprint density at radius 3 is 1.92 bits per heavy atom. The lowest BCUT2D eigenvalue weighted by molar-refractivity contribution is 0.0190. The highest BCUT2D eigenvalue weighted by atomic mass is 16.3. The average Bonchev–Trinajstić information content (AvgIpc) is 2.02. The second kappa shape index (κ2) is 5.55. The monoisotopic (exact) mass is 174 g/mol. The van der Waals surface area contributed by atoms with E-state index in [1.807, 2.05) is 6.92 Å². The highest BCUT2D eigenvalue weighted by molar-refractivity contribution is 4.70. The van der Waals surface area contributed by atoms with Gasteiger partial charge in [0, 0.05) is 5.92 Å². The Kier molecular flexibility index (Phi) is 5.51. The van der Waals surface area contributed by atoms with Gasteiger partial charge in [-0.1, -0.05) is 27.2 Å². The average molecular weight is 174 g/mol. The number of aliphatic hydroxyl groups excluding tert-OH is 2. The maximum absolute atomic E-state index is 9.63. The fourth-order valence-corrected chi connectivity index (χ4v) is 1.12. The number of rotatable bonds is 5. The van der Waals surface area contributed by atoms with Crippen LogP contribution in [0.3, 0.4) is 0 Å². The predicted octanol–water partition coefficient (Wildman–Crippen LogP) is 1.80. The van der Waals surface area contributed by atoms with Crippen LogP contribution >= 0.6 is 0 Å². The van der Waals surface area contributed by atoms with E-state index < -0.39 is 6.10 Å². The fourth-order valence-electron chi connectivity index (χ4n) is 1.12. The minimum absolute atomic E-state index is 0.0148. The van der Waals surface area contributed by atoms with Crippen LogP contribution in [0.25, 0.3) is 0 Å². The molecule has 4 atom stereocenters. The summed E-state index contributed by atoms with van der Waals surface area (Å²) < 4.78 is 0. The van der Waals surface area contributed by atoms with Crippen LogP contribution in [0.5, 0.6) is 0 Å². The van der Waals surface area contributed by atoms with Crippen molar-refractivity contribution in [3.63, 3.8) is 0 Å². The van der Waals surface area contributed by atoms with Crippen LogP contribution in [0.15, 0.2) is 0 Å². The summed E-state index contributed by atoms with van der Waals surface area (Å²) in [4.78, 5) is 0. The molecule has 0 radical (unpaired) electrons. The number of hydrogen-bond donors (Lipinski definition) is 2. The number of aliphatic hydroxyl groups is 2. The molecule has 0 aromatic rings. The molecule has 0 aliphatic rings. The smallest absolute Gasteiger partial charge is 0.0592 e. The van der Waals surface area contributed by atoms with Gasteiger partial charge in [0.1, 0.15) is 0 Å². The molecular formula is C10H22O2. The quantitative estimate of drug-likeness (QED) is 0.667. The lowest BCUT2D eigenvalue weighted by Crippen LogP contribution is -2.28. The van der Waals surface area contributed by atoms with Gasteiger partial charge in [-0.3, -0.25) is 0 Å². The van der Waals surface area contributed by atoms with Crippen LogP contribution in [0.4, 0.5) is 0 Å². The SMILES string of the molecule is CC[C@@H](C)C[C@H](O)[C@@H](C)C(C)O. The van der Waals surface area contributed by atoms with E-state index in [0.29, 0.717) is 5.92 Å². The molecular weight excluding hydrogens is 152 g/mol. The molecule has 0 aliphatic carbocycles. The third-order valence-electron chi connectivity index (χ3n) is 2.71. The van der Waals surface area contributed by atoms with Crippen molar-refractivity contribution in [2.24, 2.45) is 11.8 Å². The third kappa shape index (κ3) is 4.07. The summed E-state index contributed by atoms with van der Waals surface area (Å²) in [6.07, 6.45) is 1.11. The molecule has 0 spiro atoms. The molecule has 74 valence electrons. The molecule has 0 aliphatic heterocycles. The molecule has 0 fully saturated rings. The zero-order valence-corrected chi connectivity index (χ0v) is 8.62. The van der Waals surface area contributed by atoms with Gasteiger partial charge in [0.05, 0.1) is 12.2 Å². The zero-order chi connectivity index (χ0) is 9.72. The second-order valence-electron chi connectivity index (χ2n) is 3.92. The first kappa shape index (κ1) is 11.9. The second-order valence-corrected chi connectivity index (χ2v) is 3.92. The van der Waals surface area contributed by atoms with Crippen molar-refractivity contribution in [2.75, 3.05) is 0 Å². The highest BCUT2D eigenvalue weighted by Crippen LogP contribution is 2.17. The lowest BCUT2D eigenvalue weighted by Gasteiger charge is -2.23. The van der Waals surface area contributed by atoms with Gasteiger partial charge >= 0.3 is 0 Å². The molecule has 2 N–H and O–H groups in total. The van der Waals surface area contributed by atoms with Gasteiger partial charge in [0.2, 0.25) is 0 Å². The van der Waals surface area contributed by atoms with Gasteiger partial charge in [-0.15, -0.1) is 0 Å². The van der Waals surface area contributed by atoms with Gasteiger partial charge in [0.15, 0.2) is 0 Å². The molecule has 0 aromatic heterocycles. The maximum Gasteiger partial charge on any atom is 0.0592 e. The Bertz CT molecular complexity index is 112. The van der Waals surface area contributed by atoms with Gasteiger partial charge in [-0.05, 0) is 19.3 Å². The summed E-state index contributed by atoms with van der Waals surface area (Å²) >= 11 is 0. The molecule has 0 saturated carbocycles. The summed E-state index contributed by atoms with van der Waals surface area (Å²) in [6.45, 7) is 7.85. The summed E-state index contributed by atoms with van der Waals surface area (Å²) in [5.74, 6) is 0.528. The van der Waals surface area contributed by atoms with E-state index >= 15 is 0 Å². The van der Waals surface area contributed by atoms with Crippen molar-refractivity contribution in [1.29, 1.82) is 0 Å². The van der Waals surface area contributed by atoms with E-state index in [-0.39, 0.29) is 12.0 Å². The van der Waals surface area contributed by atoms with E-state index in [0.717, 1.165) is 12.8 Å². The van der Waals surface area contributed by atoms with Gasteiger partial charge in [-0.25, -0.2) is 0 Å². The third-order valence-corrected chi connectivity index (χ3v) is 2.71. The first-order valence-electron chi connectivity index (χ1n) is 4.85. The van der Waals surface area contributed by atoms with Gasteiger partial charge in [-0.2, -0.15) is 0 Å². The van der Waals surface area contributed by atoms with Crippen molar-refractivity contribution in [2.45, 2.75) is 52.7 Å². The molecule has 0 aromatic carbocycles. The minimum atomic E-state index is -0.413. The predicted molar refractivity (Wildman–Crippen MR) is 50.9 cm³/mol. The maximum atomic E-state index is 9.63. The Hall–Kier alpha value is -0.0800. The molecule has 2 nitrogen and oxygen atoms in total. The lowest BCUT2D eigenvalue weighted by atomic mass is 9.91. The van der Waals surface area contributed by atoms with Crippen molar-refractivity contribution in [1.82, 2.24) is 0 Å². The first-order valence-corrected chi connectivity index (χ1v) is 4.85. The van der Waals surface area contributed by atoms with Gasteiger partial charge < -0.3 is 10.2 Å². The van der Waals surface area contributed by atoms with E-state index in [1.165, 1.54) is 0 Å². The van der Waals surface area contributed by atoms with E-state index in [4.69, 9.17) is 0 Å². The largest absolute Gasteiger partial charge is 0.393 e. The van der Waals surface area contributed by atoms with Gasteiger partial charge in [0.25, 0.3) is 0 Å². The van der Waals surface area contributed by atoms with E-state index in [9.17, 15) is 10.2 Å². The Balaban J connectivity index is 3.78. The van der Waals surface area contributed by atoms with Crippen LogP contribution in [-0.4, -0.2) is 22.4 Å².